The number of pyridine rings is 1. The fourth-order valence-corrected chi connectivity index (χ4v) is 4.49. The number of nitrogens with zero attached hydrogens (tertiary/aromatic N) is 2. The first-order valence-electron chi connectivity index (χ1n) is 12.4. The van der Waals surface area contributed by atoms with Crippen molar-refractivity contribution in [1.82, 2.24) is 4.98 Å². The number of fused-ring (bicyclic) bond motifs is 2. The summed E-state index contributed by atoms with van der Waals surface area (Å²) in [6.45, 7) is 0. The van der Waals surface area contributed by atoms with Crippen LogP contribution in [-0.2, 0) is 0 Å². The van der Waals surface area contributed by atoms with Gasteiger partial charge in [0.1, 0.15) is 5.69 Å². The predicted molar refractivity (Wildman–Crippen MR) is 151 cm³/mol. The summed E-state index contributed by atoms with van der Waals surface area (Å²) in [5, 5.41) is 7.92. The van der Waals surface area contributed by atoms with E-state index in [-0.39, 0.29) is 5.82 Å². The topological polar surface area (TPSA) is 52.2 Å². The minimum atomic E-state index is -2.25. The predicted octanol–water partition coefficient (Wildman–Crippen LogP) is 8.69. The maximum absolute atomic E-state index is 14.8. The van der Waals surface area contributed by atoms with Gasteiger partial charge in [-0.1, -0.05) is 66.7 Å². The van der Waals surface area contributed by atoms with Gasteiger partial charge in [-0.05, 0) is 46.5 Å². The van der Waals surface area contributed by atoms with Crippen molar-refractivity contribution in [2.24, 2.45) is 0 Å². The molecule has 3 N–H and O–H groups in total. The molecule has 0 radical (unpaired) electrons. The van der Waals surface area contributed by atoms with Crippen LogP contribution in [-0.4, -0.2) is 4.98 Å². The van der Waals surface area contributed by atoms with Crippen LogP contribution in [0.15, 0.2) is 103 Å². The molecule has 10 heteroatoms. The average Bonchev–Trinajstić information content (AvgIpc) is 3.01. The van der Waals surface area contributed by atoms with Crippen molar-refractivity contribution < 1.29 is 22.0 Å². The summed E-state index contributed by atoms with van der Waals surface area (Å²) < 4.78 is 71.5. The van der Waals surface area contributed by atoms with Crippen LogP contribution in [0.3, 0.4) is 0 Å². The number of hydrogen-bond acceptors (Lipinski definition) is 5. The van der Waals surface area contributed by atoms with Crippen molar-refractivity contribution in [3.05, 3.63) is 132 Å². The summed E-state index contributed by atoms with van der Waals surface area (Å²) in [5.41, 5.74) is 5.55. The molecule has 5 aromatic carbocycles. The Hall–Kier alpha value is -5.38. The third-order valence-corrected chi connectivity index (χ3v) is 6.48. The third-order valence-electron chi connectivity index (χ3n) is 6.48. The molecule has 0 unspecified atom stereocenters. The first-order valence-corrected chi connectivity index (χ1v) is 12.4. The van der Waals surface area contributed by atoms with E-state index in [1.54, 1.807) is 24.3 Å². The number of hydrogen-bond donors (Lipinski definition) is 3. The van der Waals surface area contributed by atoms with E-state index in [2.05, 4.69) is 21.2 Å². The standard InChI is InChI=1S/C31H20F5N5/c32-25-26(33)28(35)30(29(36)27(25)34)40-41(39-21-15-14-18-7-1-2-9-20(18)17-21)31-24(13-6-16-37-31)38-23-12-5-10-19-8-3-4-11-22(19)23/h1-17,38-40H. The van der Waals surface area contributed by atoms with Gasteiger partial charge in [0.2, 0.25) is 5.82 Å². The number of anilines is 5. The normalized spacial score (nSPS) is 11.0. The highest BCUT2D eigenvalue weighted by atomic mass is 19.2. The molecule has 0 saturated heterocycles. The number of halogens is 5. The molecule has 0 saturated carbocycles. The minimum absolute atomic E-state index is 0.0533. The Balaban J connectivity index is 1.46. The zero-order chi connectivity index (χ0) is 28.5. The molecule has 5 nitrogen and oxygen atoms in total. The van der Waals surface area contributed by atoms with E-state index in [1.807, 2.05) is 72.8 Å². The van der Waals surface area contributed by atoms with Crippen molar-refractivity contribution in [3.63, 3.8) is 0 Å². The molecule has 0 aliphatic heterocycles. The van der Waals surface area contributed by atoms with Gasteiger partial charge in [0.15, 0.2) is 29.1 Å². The maximum Gasteiger partial charge on any atom is 0.200 e. The highest BCUT2D eigenvalue weighted by molar-refractivity contribution is 5.96. The van der Waals surface area contributed by atoms with Crippen LogP contribution in [0.1, 0.15) is 0 Å². The number of aromatic nitrogens is 1. The summed E-state index contributed by atoms with van der Waals surface area (Å²) in [6.07, 6.45) is 1.43. The first kappa shape index (κ1) is 25.9. The number of benzene rings is 5. The van der Waals surface area contributed by atoms with Gasteiger partial charge in [-0.2, -0.15) is 5.12 Å². The maximum atomic E-state index is 14.8. The van der Waals surface area contributed by atoms with Crippen LogP contribution in [0.2, 0.25) is 0 Å². The largest absolute Gasteiger partial charge is 0.352 e. The van der Waals surface area contributed by atoms with E-state index in [0.717, 1.165) is 26.7 Å². The molecular formula is C31H20F5N5. The first-order chi connectivity index (χ1) is 19.9. The van der Waals surface area contributed by atoms with E-state index in [4.69, 9.17) is 0 Å². The van der Waals surface area contributed by atoms with Crippen molar-refractivity contribution >= 4 is 50.1 Å². The molecule has 0 spiro atoms. The van der Waals surface area contributed by atoms with Crippen molar-refractivity contribution in [2.75, 3.05) is 21.3 Å². The second kappa shape index (κ2) is 10.6. The van der Waals surface area contributed by atoms with Gasteiger partial charge < -0.3 is 5.32 Å². The summed E-state index contributed by atoms with van der Waals surface area (Å²) in [7, 11) is 0. The summed E-state index contributed by atoms with van der Waals surface area (Å²) in [6, 6.07) is 29.4. The molecule has 0 atom stereocenters. The third kappa shape index (κ3) is 4.91. The number of hydrazine groups is 2. The Morgan fingerprint density at radius 3 is 1.95 bits per heavy atom. The Bertz CT molecular complexity index is 1880. The summed E-state index contributed by atoms with van der Waals surface area (Å²) in [5.74, 6) is -10.4. The zero-order valence-corrected chi connectivity index (χ0v) is 21.1. The van der Waals surface area contributed by atoms with Gasteiger partial charge in [-0.25, -0.2) is 26.9 Å². The van der Waals surface area contributed by atoms with Gasteiger partial charge in [-0.15, -0.1) is 0 Å². The molecule has 0 aliphatic carbocycles. The van der Waals surface area contributed by atoms with E-state index in [9.17, 15) is 22.0 Å². The van der Waals surface area contributed by atoms with Gasteiger partial charge in [0, 0.05) is 17.3 Å². The molecule has 1 heterocycles. The highest BCUT2D eigenvalue weighted by Crippen LogP contribution is 2.34. The quantitative estimate of drug-likeness (QED) is 0.0794. The molecule has 41 heavy (non-hydrogen) atoms. The summed E-state index contributed by atoms with van der Waals surface area (Å²) in [4.78, 5) is 4.36. The average molecular weight is 558 g/mol. The Morgan fingerprint density at radius 2 is 1.17 bits per heavy atom. The number of rotatable bonds is 7. The van der Waals surface area contributed by atoms with Crippen LogP contribution in [0.4, 0.5) is 50.5 Å². The van der Waals surface area contributed by atoms with Gasteiger partial charge in [0.05, 0.1) is 11.4 Å². The molecule has 1 aromatic heterocycles. The van der Waals surface area contributed by atoms with Crippen LogP contribution in [0.5, 0.6) is 0 Å². The Kier molecular flexibility index (Phi) is 6.72. The van der Waals surface area contributed by atoms with Gasteiger partial charge in [-0.3, -0.25) is 10.9 Å². The molecule has 6 aromatic rings. The highest BCUT2D eigenvalue weighted by Gasteiger charge is 2.28. The lowest BCUT2D eigenvalue weighted by Gasteiger charge is -2.29. The molecule has 0 aliphatic rings. The monoisotopic (exact) mass is 557 g/mol. The van der Waals surface area contributed by atoms with E-state index in [0.29, 0.717) is 17.1 Å². The van der Waals surface area contributed by atoms with Gasteiger partial charge >= 0.3 is 0 Å². The van der Waals surface area contributed by atoms with Crippen LogP contribution >= 0.6 is 0 Å². The fraction of sp³-hybridized carbons (Fsp3) is 0. The molecule has 204 valence electrons. The second-order valence-corrected chi connectivity index (χ2v) is 9.09. The lowest BCUT2D eigenvalue weighted by atomic mass is 10.1. The zero-order valence-electron chi connectivity index (χ0n) is 21.1. The molecule has 0 fully saturated rings. The lowest BCUT2D eigenvalue weighted by Crippen LogP contribution is -2.38. The number of nitrogens with one attached hydrogen (secondary N) is 3. The smallest absolute Gasteiger partial charge is 0.200 e. The minimum Gasteiger partial charge on any atom is -0.352 e. The summed E-state index contributed by atoms with van der Waals surface area (Å²) >= 11 is 0. The molecule has 0 amide bonds. The molecule has 6 rings (SSSR count). The van der Waals surface area contributed by atoms with Gasteiger partial charge in [0.25, 0.3) is 0 Å². The van der Waals surface area contributed by atoms with Crippen LogP contribution < -0.4 is 21.3 Å². The Morgan fingerprint density at radius 1 is 0.537 bits per heavy atom. The van der Waals surface area contributed by atoms with E-state index < -0.39 is 34.8 Å². The SMILES string of the molecule is Fc1c(F)c(F)c(NN(Nc2ccc3ccccc3c2)c2ncccc2Nc2cccc3ccccc23)c(F)c1F. The van der Waals surface area contributed by atoms with Crippen molar-refractivity contribution in [2.45, 2.75) is 0 Å². The van der Waals surface area contributed by atoms with E-state index >= 15 is 0 Å². The second-order valence-electron chi connectivity index (χ2n) is 9.09. The van der Waals surface area contributed by atoms with E-state index in [1.165, 1.54) is 6.20 Å². The molecule has 0 bridgehead atoms. The molecular weight excluding hydrogens is 537 g/mol. The fourth-order valence-electron chi connectivity index (χ4n) is 4.49. The van der Waals surface area contributed by atoms with Crippen LogP contribution in [0, 0.1) is 29.1 Å². The van der Waals surface area contributed by atoms with Crippen molar-refractivity contribution in [1.29, 1.82) is 0 Å². The Labute approximate surface area is 230 Å². The van der Waals surface area contributed by atoms with Crippen molar-refractivity contribution in [3.8, 4) is 0 Å². The lowest BCUT2D eigenvalue weighted by molar-refractivity contribution is 0.381. The van der Waals surface area contributed by atoms with Crippen LogP contribution in [0.25, 0.3) is 21.5 Å².